The molecule has 40 valence electrons. The summed E-state index contributed by atoms with van der Waals surface area (Å²) in [7, 11) is 1.79. The van der Waals surface area contributed by atoms with Crippen molar-refractivity contribution in [2.24, 2.45) is 0 Å². The number of hydrogen-bond donors (Lipinski definition) is 0. The Labute approximate surface area is 57.6 Å². The minimum absolute atomic E-state index is 0.255. The highest BCUT2D eigenvalue weighted by Gasteiger charge is 1.99. The van der Waals surface area contributed by atoms with Crippen LogP contribution in [0.4, 0.5) is 0 Å². The van der Waals surface area contributed by atoms with Crippen LogP contribution in [0.5, 0.6) is 0 Å². The maximum Gasteiger partial charge on any atom is 0.377 e. The molecule has 0 N–H and O–H groups in total. The van der Waals surface area contributed by atoms with Gasteiger partial charge in [-0.3, -0.25) is 4.79 Å². The summed E-state index contributed by atoms with van der Waals surface area (Å²) in [5, 5.41) is 2.04. The van der Waals surface area contributed by atoms with E-state index in [1.165, 1.54) is 0 Å². The monoisotopic (exact) mass is 140 g/mol. The van der Waals surface area contributed by atoms with Crippen LogP contribution in [0.2, 0.25) is 0 Å². The lowest BCUT2D eigenvalue weighted by molar-refractivity contribution is -0.104. The lowest BCUT2D eigenvalue weighted by Crippen LogP contribution is -1.93. The van der Waals surface area contributed by atoms with E-state index in [9.17, 15) is 4.79 Å². The Hall–Kier alpha value is 0.0325. The third kappa shape index (κ3) is 1.52. The Bertz CT molecular complexity index is 151. The van der Waals surface area contributed by atoms with Crippen molar-refractivity contribution in [2.75, 3.05) is 0 Å². The summed E-state index contributed by atoms with van der Waals surface area (Å²) in [4.78, 5) is 10.1. The quantitative estimate of drug-likeness (QED) is 0.393. The first-order chi connectivity index (χ1) is 3.93. The average Bonchev–Trinajstić information content (AvgIpc) is 1.90. The Morgan fingerprint density at radius 3 is 3.00 bits per heavy atom. The molecule has 1 aliphatic rings. The van der Waals surface area contributed by atoms with Gasteiger partial charge in [0, 0.05) is 0 Å². The van der Waals surface area contributed by atoms with E-state index in [2.05, 4.69) is 0 Å². The molecule has 0 spiro atoms. The molecular weight excluding hydrogens is 135 g/mol. The molecule has 0 saturated heterocycles. The van der Waals surface area contributed by atoms with Crippen LogP contribution in [0.15, 0.2) is 22.0 Å². The fraction of sp³-hybridized carbons (Fsp3) is 0. The van der Waals surface area contributed by atoms with Crippen LogP contribution in [0.3, 0.4) is 0 Å². The van der Waals surface area contributed by atoms with E-state index < -0.39 is 0 Å². The molecule has 0 saturated carbocycles. The van der Waals surface area contributed by atoms with Crippen molar-refractivity contribution in [2.45, 2.75) is 0 Å². The van der Waals surface area contributed by atoms with Gasteiger partial charge in [-0.2, -0.15) is 0 Å². The molecule has 0 atom stereocenters. The number of rotatable bonds is 1. The van der Waals surface area contributed by atoms with Crippen molar-refractivity contribution < 1.29 is 4.79 Å². The standard InChI is InChI=1S/C5H5OS.Al.H/c6-4-2-1-3-5-7;;/h1,3-5,7H;;/q;+1;/p-1. The molecule has 0 radical (unpaired) electrons. The minimum atomic E-state index is -0.255. The fourth-order valence-electron chi connectivity index (χ4n) is 0.484. The normalized spacial score (nSPS) is 16.8. The highest BCUT2D eigenvalue weighted by molar-refractivity contribution is 8.25. The molecule has 0 aromatic carbocycles. The van der Waals surface area contributed by atoms with Gasteiger partial charge in [-0.05, 0) is 5.41 Å². The van der Waals surface area contributed by atoms with Crippen LogP contribution in [-0.2, 0) is 4.79 Å². The van der Waals surface area contributed by atoms with Gasteiger partial charge in [0.05, 0.1) is 0 Å². The van der Waals surface area contributed by atoms with Gasteiger partial charge in [-0.1, -0.05) is 16.6 Å². The molecule has 0 bridgehead atoms. The Balaban J connectivity index is 2.63. The molecule has 0 amide bonds. The van der Waals surface area contributed by atoms with Crippen molar-refractivity contribution >= 4 is 30.5 Å². The van der Waals surface area contributed by atoms with Crippen molar-refractivity contribution in [1.82, 2.24) is 0 Å². The summed E-state index contributed by atoms with van der Waals surface area (Å²) in [6, 6.07) is 0. The molecule has 3 heteroatoms. The Morgan fingerprint density at radius 2 is 2.62 bits per heavy atom. The topological polar surface area (TPSA) is 17.1 Å². The molecule has 0 fully saturated rings. The number of hydrogen-bond acceptors (Lipinski definition) is 2. The van der Waals surface area contributed by atoms with Crippen LogP contribution in [0.1, 0.15) is 0 Å². The van der Waals surface area contributed by atoms with Crippen LogP contribution in [0.25, 0.3) is 0 Å². The van der Waals surface area contributed by atoms with Crippen molar-refractivity contribution in [3.8, 4) is 0 Å². The third-order valence-corrected chi connectivity index (χ3v) is 4.22. The molecule has 1 heterocycles. The highest BCUT2D eigenvalue weighted by Crippen LogP contribution is 2.09. The second-order valence-corrected chi connectivity index (χ2v) is 5.08. The van der Waals surface area contributed by atoms with Crippen LogP contribution >= 0.6 is 10.1 Å². The fourth-order valence-corrected chi connectivity index (χ4v) is 2.96. The van der Waals surface area contributed by atoms with Gasteiger partial charge in [0.2, 0.25) is 0 Å². The summed E-state index contributed by atoms with van der Waals surface area (Å²) >= 11 is -0.255. The van der Waals surface area contributed by atoms with Crippen LogP contribution in [0, 0.1) is 0 Å². The number of aldehydes is 1. The zero-order chi connectivity index (χ0) is 5.82. The van der Waals surface area contributed by atoms with E-state index in [-0.39, 0.29) is 14.1 Å². The van der Waals surface area contributed by atoms with E-state index in [0.29, 0.717) is 0 Å². The van der Waals surface area contributed by atoms with Gasteiger partial charge in [-0.15, -0.1) is 0 Å². The van der Waals surface area contributed by atoms with Crippen molar-refractivity contribution in [3.05, 3.63) is 22.0 Å². The second-order valence-electron chi connectivity index (χ2n) is 1.50. The first-order valence-electron chi connectivity index (χ1n) is 2.36. The molecule has 1 nitrogen and oxygen atoms in total. The first-order valence-corrected chi connectivity index (χ1v) is 5.85. The molecule has 1 rings (SSSR count). The molecule has 0 unspecified atom stereocenters. The van der Waals surface area contributed by atoms with Crippen LogP contribution in [-0.4, -0.2) is 20.4 Å². The highest BCUT2D eigenvalue weighted by atomic mass is 32.3. The zero-order valence-corrected chi connectivity index (χ0v) is 6.56. The SMILES string of the molecule is O=C[C]1=CC=C[S][AlH]1. The predicted octanol–water partition coefficient (Wildman–Crippen LogP) is 0.681. The molecule has 1 aliphatic heterocycles. The van der Waals surface area contributed by atoms with Gasteiger partial charge in [0.25, 0.3) is 0 Å². The van der Waals surface area contributed by atoms with Crippen molar-refractivity contribution in [3.63, 3.8) is 0 Å². The Morgan fingerprint density at radius 1 is 1.75 bits per heavy atom. The maximum atomic E-state index is 10.1. The smallest absolute Gasteiger partial charge is 0.300 e. The molecule has 8 heavy (non-hydrogen) atoms. The molecule has 0 aromatic rings. The van der Waals surface area contributed by atoms with E-state index in [4.69, 9.17) is 0 Å². The lowest BCUT2D eigenvalue weighted by Gasteiger charge is -1.95. The van der Waals surface area contributed by atoms with Gasteiger partial charge < -0.3 is 0 Å². The van der Waals surface area contributed by atoms with Crippen molar-refractivity contribution in [1.29, 1.82) is 0 Å². The van der Waals surface area contributed by atoms with E-state index in [1.807, 2.05) is 17.6 Å². The zero-order valence-electron chi connectivity index (χ0n) is 4.33. The minimum Gasteiger partial charge on any atom is -0.300 e. The summed E-state index contributed by atoms with van der Waals surface area (Å²) in [6.45, 7) is 0. The molecule has 0 aliphatic carbocycles. The van der Waals surface area contributed by atoms with Crippen LogP contribution < -0.4 is 0 Å². The maximum absolute atomic E-state index is 10.1. The van der Waals surface area contributed by atoms with Gasteiger partial charge >= 0.3 is 14.1 Å². The second kappa shape index (κ2) is 3.14. The largest absolute Gasteiger partial charge is 0.377 e. The van der Waals surface area contributed by atoms with Gasteiger partial charge in [0.1, 0.15) is 6.29 Å². The number of carbonyl (C=O) groups is 1. The average molecular weight is 140 g/mol. The third-order valence-electron chi connectivity index (χ3n) is 0.886. The van der Waals surface area contributed by atoms with Gasteiger partial charge in [0.15, 0.2) is 0 Å². The van der Waals surface area contributed by atoms with Gasteiger partial charge in [-0.25, -0.2) is 10.1 Å². The van der Waals surface area contributed by atoms with E-state index in [1.54, 1.807) is 10.1 Å². The number of allylic oxidation sites excluding steroid dienone is 3. The summed E-state index contributed by atoms with van der Waals surface area (Å²) < 4.78 is 1.01. The lowest BCUT2D eigenvalue weighted by atomic mass is 10.5. The van der Waals surface area contributed by atoms with E-state index >= 15 is 0 Å². The molecular formula is C5H5AlOS. The van der Waals surface area contributed by atoms with E-state index in [0.717, 1.165) is 10.7 Å². The summed E-state index contributed by atoms with van der Waals surface area (Å²) in [6.07, 6.45) is 4.78. The summed E-state index contributed by atoms with van der Waals surface area (Å²) in [5.74, 6) is 0. The number of carbonyl (C=O) groups excluding carboxylic acids is 1. The summed E-state index contributed by atoms with van der Waals surface area (Å²) in [5.41, 5.74) is 0. The first kappa shape index (κ1) is 6.16. The molecule has 0 aromatic heterocycles. The Kier molecular flexibility index (Phi) is 2.41. The predicted molar refractivity (Wildman–Crippen MR) is 38.0 cm³/mol.